The monoisotopic (exact) mass is 698 g/mol. The lowest BCUT2D eigenvalue weighted by atomic mass is 9.72. The molecule has 3 saturated heterocycles. The lowest BCUT2D eigenvalue weighted by molar-refractivity contribution is -0.223. The van der Waals surface area contributed by atoms with E-state index in [0.717, 1.165) is 0 Å². The number of aliphatic hydroxyl groups is 2. The van der Waals surface area contributed by atoms with Gasteiger partial charge in [0.25, 0.3) is 0 Å². The number of carbonyl (C=O) groups is 4. The van der Waals surface area contributed by atoms with Crippen LogP contribution in [0, 0.1) is 0 Å². The molecule has 2 aliphatic carbocycles. The molecule has 16 heteroatoms. The number of phenolic OH excluding ortho intramolecular Hbond substituents is 2. The second-order valence-electron chi connectivity index (χ2n) is 13.0. The highest BCUT2D eigenvalue weighted by Gasteiger charge is 2.52. The quantitative estimate of drug-likeness (QED) is 0.186. The molecule has 1 amide bonds. The Morgan fingerprint density at radius 3 is 2.56 bits per heavy atom. The number of piperazine rings is 1. The van der Waals surface area contributed by atoms with Crippen LogP contribution in [0.25, 0.3) is 0 Å². The Labute approximate surface area is 286 Å². The molecule has 0 radical (unpaired) electrons. The number of rotatable bonds is 8. The summed E-state index contributed by atoms with van der Waals surface area (Å²) in [4.78, 5) is 56.7. The van der Waals surface area contributed by atoms with Gasteiger partial charge in [-0.1, -0.05) is 12.1 Å². The number of carbonyl (C=O) groups excluding carboxylic acids is 4. The number of hydrogen-bond donors (Lipinski definition) is 4. The van der Waals surface area contributed by atoms with Crippen LogP contribution in [-0.2, 0) is 34.9 Å². The molecule has 0 aromatic heterocycles. The van der Waals surface area contributed by atoms with Crippen molar-refractivity contribution < 1.29 is 68.0 Å². The van der Waals surface area contributed by atoms with E-state index in [1.807, 2.05) is 0 Å². The van der Waals surface area contributed by atoms with E-state index >= 15 is 0 Å². The lowest BCUT2D eigenvalue weighted by Crippen LogP contribution is -2.56. The van der Waals surface area contributed by atoms with Gasteiger partial charge in [-0.05, 0) is 6.07 Å². The van der Waals surface area contributed by atoms with Gasteiger partial charge in [-0.15, -0.1) is 0 Å². The first-order chi connectivity index (χ1) is 24.0. The minimum atomic E-state index is -2.25. The van der Waals surface area contributed by atoms with Crippen molar-refractivity contribution in [2.75, 3.05) is 60.3 Å². The Kier molecular flexibility index (Phi) is 9.05. The molecular formula is C34H38N2O14. The number of aromatic hydroxyl groups is 2. The first-order valence-electron chi connectivity index (χ1n) is 16.3. The number of aliphatic hydroxyl groups excluding tert-OH is 1. The third-order valence-corrected chi connectivity index (χ3v) is 10.3. The summed E-state index contributed by atoms with van der Waals surface area (Å²) in [6.45, 7) is 0.645. The zero-order chi connectivity index (χ0) is 35.5. The van der Waals surface area contributed by atoms with Gasteiger partial charge in [0.05, 0.1) is 55.8 Å². The number of fused-ring (bicyclic) bond motifs is 6. The van der Waals surface area contributed by atoms with Crippen molar-refractivity contribution in [2.24, 2.45) is 0 Å². The summed E-state index contributed by atoms with van der Waals surface area (Å²) in [5.41, 5.74) is -3.55. The number of nitrogens with zero attached hydrogens (tertiary/aromatic N) is 2. The minimum Gasteiger partial charge on any atom is -0.507 e. The van der Waals surface area contributed by atoms with E-state index in [-0.39, 0.29) is 72.9 Å². The van der Waals surface area contributed by atoms with Crippen LogP contribution in [0.15, 0.2) is 18.2 Å². The molecule has 0 spiro atoms. The van der Waals surface area contributed by atoms with E-state index in [1.165, 1.54) is 32.4 Å². The average Bonchev–Trinajstić information content (AvgIpc) is 3.48. The Bertz CT molecular complexity index is 1750. The van der Waals surface area contributed by atoms with Crippen LogP contribution in [0.5, 0.6) is 17.2 Å². The molecule has 16 nitrogen and oxygen atoms in total. The standard InChI is InChI=1S/C34H38N2O14/c1-45-8-9-47-33(43)35-6-7-36-18-10-24(48-15-21(18)49-23(36)13-35)50-20-12-34(44,22(38)14-37)11-17-26(20)32(42)28-27(30(17)40)29(39)16-4-3-5-19(46-2)25(16)31(28)41/h3-5,18,20-21,23-24,37,40,42,44H,6-15H2,1-2H3/t18?,20-,21?,23?,24-,34-/m0/s1. The van der Waals surface area contributed by atoms with Gasteiger partial charge in [0.1, 0.15) is 42.3 Å². The number of ketones is 3. The second-order valence-corrected chi connectivity index (χ2v) is 13.0. The van der Waals surface area contributed by atoms with Crippen molar-refractivity contribution in [2.45, 2.75) is 55.6 Å². The van der Waals surface area contributed by atoms with Crippen LogP contribution in [0.2, 0.25) is 0 Å². The van der Waals surface area contributed by atoms with Crippen molar-refractivity contribution in [3.63, 3.8) is 0 Å². The van der Waals surface area contributed by atoms with Crippen LogP contribution < -0.4 is 4.74 Å². The zero-order valence-electron chi connectivity index (χ0n) is 27.5. The van der Waals surface area contributed by atoms with E-state index in [4.69, 9.17) is 28.4 Å². The van der Waals surface area contributed by atoms with Crippen LogP contribution in [0.4, 0.5) is 4.79 Å². The first kappa shape index (κ1) is 34.3. The van der Waals surface area contributed by atoms with Crippen LogP contribution in [-0.4, -0.2) is 144 Å². The number of ether oxygens (including phenoxy) is 6. The maximum atomic E-state index is 13.9. The lowest BCUT2D eigenvalue weighted by Gasteiger charge is -2.42. The summed E-state index contributed by atoms with van der Waals surface area (Å²) in [7, 11) is 2.85. The third kappa shape index (κ3) is 5.51. The molecule has 6 atom stereocenters. The van der Waals surface area contributed by atoms with Gasteiger partial charge in [0.2, 0.25) is 5.78 Å². The van der Waals surface area contributed by atoms with E-state index in [2.05, 4.69) is 4.90 Å². The smallest absolute Gasteiger partial charge is 0.410 e. The molecule has 0 bridgehead atoms. The normalized spacial score (nSPS) is 28.6. The molecular weight excluding hydrogens is 660 g/mol. The topological polar surface area (TPSA) is 211 Å². The Balaban J connectivity index is 1.18. The van der Waals surface area contributed by atoms with Gasteiger partial charge >= 0.3 is 6.09 Å². The SMILES string of the molecule is COCCOC(=O)N1CCN2C(C1)OC1CO[C@@H](O[C@H]3C[C@](O)(C(=O)CO)Cc4c(O)c5c(c(O)c43)C(=O)c3c(OC)cccc3C5=O)CC12. The van der Waals surface area contributed by atoms with Gasteiger partial charge in [0.15, 0.2) is 17.9 Å². The molecule has 4 N–H and O–H groups in total. The Morgan fingerprint density at radius 2 is 1.82 bits per heavy atom. The fourth-order valence-corrected chi connectivity index (χ4v) is 7.82. The molecule has 0 saturated carbocycles. The third-order valence-electron chi connectivity index (χ3n) is 10.3. The average molecular weight is 699 g/mol. The van der Waals surface area contributed by atoms with Crippen molar-refractivity contribution in [3.05, 3.63) is 51.6 Å². The number of amides is 1. The van der Waals surface area contributed by atoms with Crippen LogP contribution in [0.3, 0.4) is 0 Å². The number of Topliss-reactive ketones (excluding diaryl/α,β-unsaturated/α-hetero) is 1. The molecule has 5 aliphatic rings. The number of benzene rings is 2. The predicted molar refractivity (Wildman–Crippen MR) is 167 cm³/mol. The number of phenols is 2. The molecule has 3 fully saturated rings. The number of hydrogen-bond acceptors (Lipinski definition) is 15. The molecule has 2 aromatic rings. The largest absolute Gasteiger partial charge is 0.507 e. The molecule has 50 heavy (non-hydrogen) atoms. The molecule has 7 rings (SSSR count). The fraction of sp³-hybridized carbons (Fsp3) is 0.529. The molecule has 268 valence electrons. The summed E-state index contributed by atoms with van der Waals surface area (Å²) in [6.07, 6.45) is -4.28. The maximum Gasteiger partial charge on any atom is 0.410 e. The van der Waals surface area contributed by atoms with Gasteiger partial charge in [-0.25, -0.2) is 4.79 Å². The Hall–Kier alpha value is -4.16. The summed E-state index contributed by atoms with van der Waals surface area (Å²) in [5.74, 6) is -3.71. The summed E-state index contributed by atoms with van der Waals surface area (Å²) >= 11 is 0. The highest BCUT2D eigenvalue weighted by molar-refractivity contribution is 6.31. The first-order valence-corrected chi connectivity index (χ1v) is 16.3. The van der Waals surface area contributed by atoms with Gasteiger partial charge < -0.3 is 53.7 Å². The van der Waals surface area contributed by atoms with Crippen molar-refractivity contribution >= 4 is 23.4 Å². The van der Waals surface area contributed by atoms with Gasteiger partial charge in [-0.2, -0.15) is 0 Å². The Morgan fingerprint density at radius 1 is 1.04 bits per heavy atom. The molecule has 2 aromatic carbocycles. The minimum absolute atomic E-state index is 0.0483. The molecule has 3 unspecified atom stereocenters. The van der Waals surface area contributed by atoms with E-state index in [1.54, 1.807) is 4.90 Å². The zero-order valence-corrected chi connectivity index (χ0v) is 27.5. The second kappa shape index (κ2) is 13.2. The highest BCUT2D eigenvalue weighted by atomic mass is 16.7. The van der Waals surface area contributed by atoms with E-state index < -0.39 is 89.7 Å². The van der Waals surface area contributed by atoms with Crippen molar-refractivity contribution in [3.8, 4) is 17.2 Å². The van der Waals surface area contributed by atoms with E-state index in [9.17, 15) is 39.6 Å². The number of methoxy groups -OCH3 is 2. The molecule has 3 heterocycles. The fourth-order valence-electron chi connectivity index (χ4n) is 7.82. The van der Waals surface area contributed by atoms with Gasteiger partial charge in [0, 0.05) is 62.2 Å². The molecule has 3 aliphatic heterocycles. The summed E-state index contributed by atoms with van der Waals surface area (Å²) in [6, 6.07) is 4.21. The van der Waals surface area contributed by atoms with Crippen molar-refractivity contribution in [1.29, 1.82) is 0 Å². The summed E-state index contributed by atoms with van der Waals surface area (Å²) < 4.78 is 34.1. The summed E-state index contributed by atoms with van der Waals surface area (Å²) in [5, 5.41) is 44.6. The van der Waals surface area contributed by atoms with Gasteiger partial charge in [-0.3, -0.25) is 19.3 Å². The van der Waals surface area contributed by atoms with E-state index in [0.29, 0.717) is 13.1 Å². The van der Waals surface area contributed by atoms with Crippen LogP contribution in [0.1, 0.15) is 61.9 Å². The van der Waals surface area contributed by atoms with Crippen LogP contribution >= 0.6 is 0 Å². The highest BCUT2D eigenvalue weighted by Crippen LogP contribution is 2.52. The van der Waals surface area contributed by atoms with Crippen molar-refractivity contribution in [1.82, 2.24) is 9.80 Å². The maximum absolute atomic E-state index is 13.9. The predicted octanol–water partition coefficient (Wildman–Crippen LogP) is 0.419.